The molecule has 0 fully saturated rings. The number of hydrogen-bond acceptors (Lipinski definition) is 10. The lowest BCUT2D eigenvalue weighted by atomic mass is 10.3. The van der Waals surface area contributed by atoms with E-state index in [-0.39, 0.29) is 12.5 Å². The fraction of sp³-hybridized carbons (Fsp3) is 0.263. The number of ether oxygens (including phenoxy) is 2. The molecular weight excluding hydrogens is 388 g/mol. The van der Waals surface area contributed by atoms with Crippen LogP contribution in [0.2, 0.25) is 0 Å². The van der Waals surface area contributed by atoms with E-state index in [1.807, 2.05) is 31.1 Å². The quantitative estimate of drug-likeness (QED) is 0.425. The van der Waals surface area contributed by atoms with Crippen LogP contribution in [0.1, 0.15) is 11.5 Å². The van der Waals surface area contributed by atoms with E-state index in [4.69, 9.17) is 14.0 Å². The van der Waals surface area contributed by atoms with E-state index in [9.17, 15) is 0 Å². The second kappa shape index (κ2) is 7.78. The van der Waals surface area contributed by atoms with E-state index < -0.39 is 0 Å². The van der Waals surface area contributed by atoms with Gasteiger partial charge in [0.2, 0.25) is 5.82 Å². The molecular formula is C19H20N8O3. The third kappa shape index (κ3) is 3.52. The number of aromatic nitrogens is 6. The number of methoxy groups -OCH3 is 1. The molecule has 0 bridgehead atoms. The van der Waals surface area contributed by atoms with Crippen molar-refractivity contribution in [3.05, 3.63) is 35.7 Å². The molecule has 0 unspecified atom stereocenters. The summed E-state index contributed by atoms with van der Waals surface area (Å²) in [5.41, 5.74) is 2.54. The Morgan fingerprint density at radius 1 is 1.23 bits per heavy atom. The van der Waals surface area contributed by atoms with Crippen molar-refractivity contribution >= 4 is 23.9 Å². The van der Waals surface area contributed by atoms with Gasteiger partial charge in [-0.1, -0.05) is 5.16 Å². The Bertz CT molecular complexity index is 1210. The van der Waals surface area contributed by atoms with Crippen molar-refractivity contribution < 1.29 is 14.0 Å². The summed E-state index contributed by atoms with van der Waals surface area (Å²) in [7, 11) is 5.36. The summed E-state index contributed by atoms with van der Waals surface area (Å²) in [6.07, 6.45) is 0. The second-order valence-electron chi connectivity index (χ2n) is 6.62. The molecule has 0 aliphatic heterocycles. The molecule has 0 atom stereocenters. The molecule has 0 saturated heterocycles. The second-order valence-corrected chi connectivity index (χ2v) is 6.62. The molecule has 0 amide bonds. The zero-order chi connectivity index (χ0) is 21.3. The normalized spacial score (nSPS) is 10.9. The molecule has 11 nitrogen and oxygen atoms in total. The Morgan fingerprint density at radius 2 is 2.07 bits per heavy atom. The minimum absolute atomic E-state index is 0.158. The van der Waals surface area contributed by atoms with Crippen molar-refractivity contribution in [2.45, 2.75) is 13.5 Å². The summed E-state index contributed by atoms with van der Waals surface area (Å²) in [4.78, 5) is 10.4. The number of aryl methyl sites for hydroxylation is 1. The minimum atomic E-state index is 0.158. The van der Waals surface area contributed by atoms with Gasteiger partial charge in [-0.3, -0.25) is 0 Å². The van der Waals surface area contributed by atoms with E-state index in [1.165, 1.54) is 11.6 Å². The minimum Gasteiger partial charge on any atom is -0.491 e. The summed E-state index contributed by atoms with van der Waals surface area (Å²) >= 11 is 0. The lowest BCUT2D eigenvalue weighted by Crippen LogP contribution is -2.10. The maximum atomic E-state index is 5.89. The summed E-state index contributed by atoms with van der Waals surface area (Å²) in [5, 5.41) is 16.7. The van der Waals surface area contributed by atoms with Gasteiger partial charge in [0.25, 0.3) is 5.88 Å². The number of nitrogens with zero attached hydrogens (tertiary/aromatic N) is 8. The van der Waals surface area contributed by atoms with Crippen molar-refractivity contribution in [3.8, 4) is 23.1 Å². The zero-order valence-corrected chi connectivity index (χ0v) is 17.0. The third-order valence-corrected chi connectivity index (χ3v) is 4.30. The Morgan fingerprint density at radius 3 is 2.73 bits per heavy atom. The number of pyridine rings is 1. The molecule has 0 aromatic carbocycles. The van der Waals surface area contributed by atoms with Crippen LogP contribution in [0.25, 0.3) is 17.2 Å². The molecule has 4 rings (SSSR count). The summed E-state index contributed by atoms with van der Waals surface area (Å²) in [5.74, 6) is 2.30. The number of anilines is 1. The van der Waals surface area contributed by atoms with Gasteiger partial charge in [0.1, 0.15) is 12.4 Å². The third-order valence-electron chi connectivity index (χ3n) is 4.30. The van der Waals surface area contributed by atoms with Crippen LogP contribution < -0.4 is 14.4 Å². The Balaban J connectivity index is 1.66. The molecule has 0 aliphatic carbocycles. The van der Waals surface area contributed by atoms with Gasteiger partial charge in [0.15, 0.2) is 22.9 Å². The first-order valence-corrected chi connectivity index (χ1v) is 9.01. The highest BCUT2D eigenvalue weighted by atomic mass is 16.5. The highest BCUT2D eigenvalue weighted by Crippen LogP contribution is 2.29. The number of rotatable bonds is 7. The molecule has 4 aromatic heterocycles. The van der Waals surface area contributed by atoms with Crippen molar-refractivity contribution in [2.75, 3.05) is 26.1 Å². The molecule has 11 heteroatoms. The summed E-state index contributed by atoms with van der Waals surface area (Å²) in [6, 6.07) is 7.21. The average molecular weight is 408 g/mol. The van der Waals surface area contributed by atoms with Gasteiger partial charge in [0.05, 0.1) is 18.5 Å². The highest BCUT2D eigenvalue weighted by molar-refractivity contribution is 5.64. The first kappa shape index (κ1) is 19.3. The summed E-state index contributed by atoms with van der Waals surface area (Å²) in [6.45, 7) is 5.54. The van der Waals surface area contributed by atoms with Crippen molar-refractivity contribution in [1.29, 1.82) is 0 Å². The van der Waals surface area contributed by atoms with Gasteiger partial charge in [-0.2, -0.15) is 4.52 Å². The highest BCUT2D eigenvalue weighted by Gasteiger charge is 2.18. The van der Waals surface area contributed by atoms with Gasteiger partial charge < -0.3 is 18.9 Å². The van der Waals surface area contributed by atoms with Gasteiger partial charge >= 0.3 is 0 Å². The smallest absolute Gasteiger partial charge is 0.275 e. The standard InChI is InChI=1S/C19H20N8O3/c1-11-8-13(25-30-11)18-23-22-16-9-15(28-5)19(24-27(16)18)29-10-12-6-7-14(26(3)4)17(20-2)21-12/h6-9H,2,10H2,1,3-5H3. The van der Waals surface area contributed by atoms with Gasteiger partial charge in [-0.15, -0.1) is 15.3 Å². The van der Waals surface area contributed by atoms with Crippen molar-refractivity contribution in [3.63, 3.8) is 0 Å². The Labute approximate surface area is 172 Å². The fourth-order valence-corrected chi connectivity index (χ4v) is 2.85. The van der Waals surface area contributed by atoms with Crippen molar-refractivity contribution in [2.24, 2.45) is 4.99 Å². The molecule has 4 aromatic rings. The number of aliphatic imine (C=N–C) groups is 1. The van der Waals surface area contributed by atoms with Gasteiger partial charge in [-0.05, 0) is 25.8 Å². The first-order valence-electron chi connectivity index (χ1n) is 9.01. The van der Waals surface area contributed by atoms with Crippen LogP contribution in [0.5, 0.6) is 11.6 Å². The Hall–Kier alpha value is -4.02. The van der Waals surface area contributed by atoms with Crippen LogP contribution in [-0.4, -0.2) is 57.9 Å². The van der Waals surface area contributed by atoms with Gasteiger partial charge in [-0.25, -0.2) is 9.98 Å². The van der Waals surface area contributed by atoms with Crippen LogP contribution in [0.4, 0.5) is 11.5 Å². The maximum Gasteiger partial charge on any atom is 0.275 e. The van der Waals surface area contributed by atoms with Crippen LogP contribution in [-0.2, 0) is 6.61 Å². The van der Waals surface area contributed by atoms with E-state index in [0.29, 0.717) is 40.2 Å². The zero-order valence-electron chi connectivity index (χ0n) is 17.0. The first-order chi connectivity index (χ1) is 14.5. The monoisotopic (exact) mass is 408 g/mol. The van der Waals surface area contributed by atoms with E-state index in [0.717, 1.165) is 5.69 Å². The van der Waals surface area contributed by atoms with Gasteiger partial charge in [0, 0.05) is 26.2 Å². The van der Waals surface area contributed by atoms with Crippen LogP contribution in [0, 0.1) is 6.92 Å². The number of hydrogen-bond donors (Lipinski definition) is 0. The van der Waals surface area contributed by atoms with E-state index >= 15 is 0 Å². The topological polar surface area (TPSA) is 116 Å². The van der Waals surface area contributed by atoms with Crippen molar-refractivity contribution in [1.82, 2.24) is 30.0 Å². The van der Waals surface area contributed by atoms with E-state index in [2.05, 4.69) is 37.1 Å². The number of fused-ring (bicyclic) bond motifs is 1. The predicted molar refractivity (Wildman–Crippen MR) is 110 cm³/mol. The molecule has 0 aliphatic rings. The summed E-state index contributed by atoms with van der Waals surface area (Å²) < 4.78 is 17.9. The molecule has 0 N–H and O–H groups in total. The van der Waals surface area contributed by atoms with Crippen LogP contribution in [0.3, 0.4) is 0 Å². The molecule has 4 heterocycles. The maximum absolute atomic E-state index is 5.89. The lowest BCUT2D eigenvalue weighted by molar-refractivity contribution is 0.264. The SMILES string of the molecule is C=Nc1nc(COc2nn3c(-c4cc(C)on4)nnc3cc2OC)ccc1N(C)C. The predicted octanol–water partition coefficient (Wildman–Crippen LogP) is 2.47. The van der Waals surface area contributed by atoms with Crippen LogP contribution in [0.15, 0.2) is 33.8 Å². The van der Waals surface area contributed by atoms with Crippen LogP contribution >= 0.6 is 0 Å². The average Bonchev–Trinajstić information content (AvgIpc) is 3.36. The molecule has 0 spiro atoms. The lowest BCUT2D eigenvalue weighted by Gasteiger charge is -2.15. The fourth-order valence-electron chi connectivity index (χ4n) is 2.85. The molecule has 154 valence electrons. The Kier molecular flexibility index (Phi) is 5.00. The van der Waals surface area contributed by atoms with E-state index in [1.54, 1.807) is 19.1 Å². The molecule has 0 saturated carbocycles. The largest absolute Gasteiger partial charge is 0.491 e. The molecule has 30 heavy (non-hydrogen) atoms. The molecule has 0 radical (unpaired) electrons.